The van der Waals surface area contributed by atoms with Gasteiger partial charge in [-0.3, -0.25) is 19.6 Å². The molecule has 0 aliphatic heterocycles. The van der Waals surface area contributed by atoms with E-state index in [1.165, 1.54) is 11.3 Å². The van der Waals surface area contributed by atoms with Gasteiger partial charge >= 0.3 is 0 Å². The molecule has 9 nitrogen and oxygen atoms in total. The summed E-state index contributed by atoms with van der Waals surface area (Å²) in [5.74, 6) is -0.288. The summed E-state index contributed by atoms with van der Waals surface area (Å²) in [5, 5.41) is 16.9. The van der Waals surface area contributed by atoms with Crippen LogP contribution in [0.2, 0.25) is 0 Å². The Bertz CT molecular complexity index is 1160. The normalized spacial score (nSPS) is 18.0. The molecule has 1 aliphatic rings. The lowest BCUT2D eigenvalue weighted by molar-refractivity contribution is -0.0226. The lowest BCUT2D eigenvalue weighted by atomic mass is 9.89. The molecule has 5 rings (SSSR count). The van der Waals surface area contributed by atoms with Crippen LogP contribution in [-0.2, 0) is 4.74 Å². The van der Waals surface area contributed by atoms with Crippen LogP contribution in [0.25, 0.3) is 22.0 Å². The molecule has 4 aromatic heterocycles. The van der Waals surface area contributed by atoms with E-state index >= 15 is 0 Å². The van der Waals surface area contributed by atoms with Crippen LogP contribution in [0.15, 0.2) is 48.4 Å². The Labute approximate surface area is 182 Å². The fourth-order valence-electron chi connectivity index (χ4n) is 3.55. The van der Waals surface area contributed by atoms with E-state index in [1.807, 2.05) is 36.0 Å². The van der Waals surface area contributed by atoms with Crippen molar-refractivity contribution in [1.29, 1.82) is 0 Å². The van der Waals surface area contributed by atoms with Crippen molar-refractivity contribution >= 4 is 22.9 Å². The maximum absolute atomic E-state index is 12.9. The SMILES string of the molecule is CCO[C@H]1C[C@H](n2cc(NC(=O)c3csc(-c4cn[nH]c4)n3)c(-c3ccccn3)n2)C1. The van der Waals surface area contributed by atoms with Crippen LogP contribution < -0.4 is 5.32 Å². The molecule has 10 heteroatoms. The third-order valence-corrected chi connectivity index (χ3v) is 6.11. The summed E-state index contributed by atoms with van der Waals surface area (Å²) >= 11 is 1.40. The second-order valence-electron chi connectivity index (χ2n) is 7.27. The molecule has 4 aromatic rings. The Balaban J connectivity index is 1.39. The van der Waals surface area contributed by atoms with E-state index in [0.29, 0.717) is 29.4 Å². The van der Waals surface area contributed by atoms with Crippen LogP contribution in [0.3, 0.4) is 0 Å². The molecule has 31 heavy (non-hydrogen) atoms. The van der Waals surface area contributed by atoms with Crippen molar-refractivity contribution in [2.45, 2.75) is 31.9 Å². The van der Waals surface area contributed by atoms with E-state index in [0.717, 1.165) is 23.4 Å². The fourth-order valence-corrected chi connectivity index (χ4v) is 4.33. The molecule has 158 valence electrons. The van der Waals surface area contributed by atoms with E-state index in [1.54, 1.807) is 24.0 Å². The van der Waals surface area contributed by atoms with Crippen LogP contribution in [-0.4, -0.2) is 48.6 Å². The van der Waals surface area contributed by atoms with Gasteiger partial charge in [-0.25, -0.2) is 4.98 Å². The molecule has 1 amide bonds. The maximum Gasteiger partial charge on any atom is 0.275 e. The molecular formula is C21H21N7O2S. The van der Waals surface area contributed by atoms with E-state index < -0.39 is 0 Å². The molecule has 0 atom stereocenters. The number of hydrogen-bond acceptors (Lipinski definition) is 7. The molecule has 0 spiro atoms. The van der Waals surface area contributed by atoms with Gasteiger partial charge in [0.15, 0.2) is 0 Å². The number of aromatic amines is 1. The molecule has 0 saturated heterocycles. The molecular weight excluding hydrogens is 414 g/mol. The Morgan fingerprint density at radius 3 is 3.03 bits per heavy atom. The monoisotopic (exact) mass is 435 g/mol. The fraction of sp³-hybridized carbons (Fsp3) is 0.286. The van der Waals surface area contributed by atoms with Gasteiger partial charge in [0.05, 0.1) is 29.7 Å². The van der Waals surface area contributed by atoms with Gasteiger partial charge in [0, 0.05) is 36.1 Å². The highest BCUT2D eigenvalue weighted by atomic mass is 32.1. The third-order valence-electron chi connectivity index (χ3n) is 5.22. The van der Waals surface area contributed by atoms with Crippen molar-refractivity contribution in [3.63, 3.8) is 0 Å². The second-order valence-corrected chi connectivity index (χ2v) is 8.13. The summed E-state index contributed by atoms with van der Waals surface area (Å²) in [7, 11) is 0. The highest BCUT2D eigenvalue weighted by Crippen LogP contribution is 2.37. The molecule has 2 N–H and O–H groups in total. The standard InChI is InChI=1S/C21H21N7O2S/c1-2-30-15-7-14(8-15)28-11-17(19(27-28)16-5-3-4-6-22-16)25-20(29)18-12-31-21(26-18)13-9-23-24-10-13/h3-6,9-12,14-15H,2,7-8H2,1H3,(H,23,24)(H,25,29)/t14-,15-. The number of hydrogen-bond donors (Lipinski definition) is 2. The van der Waals surface area contributed by atoms with Crippen molar-refractivity contribution in [1.82, 2.24) is 29.9 Å². The first-order valence-electron chi connectivity index (χ1n) is 10.1. The third kappa shape index (κ3) is 3.99. The number of amides is 1. The average molecular weight is 436 g/mol. The summed E-state index contributed by atoms with van der Waals surface area (Å²) in [4.78, 5) is 21.8. The molecule has 4 heterocycles. The van der Waals surface area contributed by atoms with Gasteiger partial charge in [-0.05, 0) is 31.9 Å². The highest BCUT2D eigenvalue weighted by molar-refractivity contribution is 7.13. The second kappa shape index (κ2) is 8.40. The minimum atomic E-state index is -0.288. The number of ether oxygens (including phenoxy) is 1. The largest absolute Gasteiger partial charge is 0.378 e. The van der Waals surface area contributed by atoms with Crippen LogP contribution >= 0.6 is 11.3 Å². The van der Waals surface area contributed by atoms with Crippen LogP contribution in [0.5, 0.6) is 0 Å². The van der Waals surface area contributed by atoms with Gasteiger partial charge in [0.1, 0.15) is 16.4 Å². The van der Waals surface area contributed by atoms with Crippen molar-refractivity contribution in [2.24, 2.45) is 0 Å². The van der Waals surface area contributed by atoms with Crippen LogP contribution in [0, 0.1) is 0 Å². The number of rotatable bonds is 7. The smallest absolute Gasteiger partial charge is 0.275 e. The van der Waals surface area contributed by atoms with Gasteiger partial charge < -0.3 is 10.1 Å². The first-order valence-corrected chi connectivity index (χ1v) is 11.0. The zero-order chi connectivity index (χ0) is 21.2. The predicted molar refractivity (Wildman–Crippen MR) is 117 cm³/mol. The summed E-state index contributed by atoms with van der Waals surface area (Å²) in [6.45, 7) is 2.72. The van der Waals surface area contributed by atoms with Crippen molar-refractivity contribution in [3.05, 3.63) is 54.1 Å². The number of aromatic nitrogens is 6. The lowest BCUT2D eigenvalue weighted by Gasteiger charge is -2.34. The Hall–Kier alpha value is -3.37. The van der Waals surface area contributed by atoms with Crippen molar-refractivity contribution < 1.29 is 9.53 Å². The first kappa shape index (κ1) is 19.6. The van der Waals surface area contributed by atoms with E-state index in [-0.39, 0.29) is 18.1 Å². The minimum absolute atomic E-state index is 0.247. The number of carbonyl (C=O) groups excluding carboxylic acids is 1. The Morgan fingerprint density at radius 1 is 1.39 bits per heavy atom. The van der Waals surface area contributed by atoms with Gasteiger partial charge in [0.25, 0.3) is 5.91 Å². The minimum Gasteiger partial charge on any atom is -0.378 e. The zero-order valence-electron chi connectivity index (χ0n) is 16.9. The Morgan fingerprint density at radius 2 is 2.29 bits per heavy atom. The van der Waals surface area contributed by atoms with Gasteiger partial charge in [0.2, 0.25) is 0 Å². The predicted octanol–water partition coefficient (Wildman–Crippen LogP) is 3.78. The molecule has 1 saturated carbocycles. The Kier molecular flexibility index (Phi) is 5.31. The summed E-state index contributed by atoms with van der Waals surface area (Å²) in [5.41, 5.74) is 3.15. The average Bonchev–Trinajstić information content (AvgIpc) is 3.51. The quantitative estimate of drug-likeness (QED) is 0.457. The topological polar surface area (TPSA) is 111 Å². The van der Waals surface area contributed by atoms with Gasteiger partial charge in [-0.1, -0.05) is 6.07 Å². The summed E-state index contributed by atoms with van der Waals surface area (Å²) in [6.07, 6.45) is 9.10. The molecule has 0 aromatic carbocycles. The van der Waals surface area contributed by atoms with Crippen molar-refractivity contribution in [3.8, 4) is 22.0 Å². The molecule has 0 radical (unpaired) electrons. The molecule has 1 aliphatic carbocycles. The van der Waals surface area contributed by atoms with E-state index in [4.69, 9.17) is 9.84 Å². The number of H-pyrrole nitrogens is 1. The van der Waals surface area contributed by atoms with E-state index in [9.17, 15) is 4.79 Å². The van der Waals surface area contributed by atoms with Crippen LogP contribution in [0.4, 0.5) is 5.69 Å². The number of thiazole rings is 1. The number of pyridine rings is 1. The zero-order valence-corrected chi connectivity index (χ0v) is 17.7. The number of carbonyl (C=O) groups is 1. The lowest BCUT2D eigenvalue weighted by Crippen LogP contribution is -2.33. The number of nitrogens with one attached hydrogen (secondary N) is 2. The van der Waals surface area contributed by atoms with E-state index in [2.05, 4.69) is 25.5 Å². The molecule has 0 unspecified atom stereocenters. The highest BCUT2D eigenvalue weighted by Gasteiger charge is 2.32. The molecule has 1 fully saturated rings. The van der Waals surface area contributed by atoms with Crippen LogP contribution in [0.1, 0.15) is 36.3 Å². The van der Waals surface area contributed by atoms with Gasteiger partial charge in [-0.15, -0.1) is 11.3 Å². The number of nitrogens with zero attached hydrogens (tertiary/aromatic N) is 5. The molecule has 0 bridgehead atoms. The van der Waals surface area contributed by atoms with Gasteiger partial charge in [-0.2, -0.15) is 10.2 Å². The van der Waals surface area contributed by atoms with Crippen molar-refractivity contribution in [2.75, 3.05) is 11.9 Å². The first-order chi connectivity index (χ1) is 15.2. The maximum atomic E-state index is 12.9. The summed E-state index contributed by atoms with van der Waals surface area (Å²) in [6, 6.07) is 5.88. The number of anilines is 1. The summed E-state index contributed by atoms with van der Waals surface area (Å²) < 4.78 is 7.58.